The highest BCUT2D eigenvalue weighted by Crippen LogP contribution is 2.26. The van der Waals surface area contributed by atoms with E-state index in [2.05, 4.69) is 30.4 Å². The smallest absolute Gasteiger partial charge is 0.115 e. The molecule has 2 rings (SSSR count). The summed E-state index contributed by atoms with van der Waals surface area (Å²) in [6, 6.07) is 10.1. The summed E-state index contributed by atoms with van der Waals surface area (Å²) < 4.78 is 4.19. The van der Waals surface area contributed by atoms with Crippen LogP contribution in [0.15, 0.2) is 30.3 Å². The fraction of sp³-hybridized carbons (Fsp3) is 0.357. The molecule has 1 atom stereocenters. The number of aryl methyl sites for hydroxylation is 1. The highest BCUT2D eigenvalue weighted by molar-refractivity contribution is 7.05. The largest absolute Gasteiger partial charge is 0.383 e. The topological polar surface area (TPSA) is 33.1 Å². The Bertz CT molecular complexity index is 487. The van der Waals surface area contributed by atoms with Crippen LogP contribution in [0.3, 0.4) is 0 Å². The normalized spacial score (nSPS) is 13.0. The Morgan fingerprint density at radius 2 is 1.71 bits per heavy atom. The molecule has 1 aromatic carbocycles. The quantitative estimate of drug-likeness (QED) is 0.898. The minimum Gasteiger partial charge on any atom is -0.383 e. The van der Waals surface area contributed by atoms with E-state index in [0.717, 1.165) is 16.1 Å². The molecule has 0 spiro atoms. The fourth-order valence-electron chi connectivity index (χ4n) is 1.74. The van der Waals surface area contributed by atoms with Crippen LogP contribution in [0.25, 0.3) is 0 Å². The van der Waals surface area contributed by atoms with Crippen molar-refractivity contribution in [2.24, 2.45) is 0 Å². The lowest BCUT2D eigenvalue weighted by molar-refractivity contribution is 0.224. The number of hydrogen-bond acceptors (Lipinski definition) is 3. The van der Waals surface area contributed by atoms with Gasteiger partial charge in [-0.15, -0.1) is 0 Å². The van der Waals surface area contributed by atoms with Gasteiger partial charge in [0.25, 0.3) is 0 Å². The Morgan fingerprint density at radius 1 is 1.12 bits per heavy atom. The van der Waals surface area contributed by atoms with Crippen molar-refractivity contribution in [1.29, 1.82) is 0 Å². The molecule has 17 heavy (non-hydrogen) atoms. The molecule has 1 N–H and O–H groups in total. The van der Waals surface area contributed by atoms with E-state index >= 15 is 0 Å². The number of hydrogen-bond donors (Lipinski definition) is 1. The zero-order valence-corrected chi connectivity index (χ0v) is 11.2. The van der Waals surface area contributed by atoms with E-state index in [9.17, 15) is 5.11 Å². The molecule has 2 nitrogen and oxygen atoms in total. The van der Waals surface area contributed by atoms with Gasteiger partial charge in [-0.1, -0.05) is 38.1 Å². The first kappa shape index (κ1) is 12.3. The van der Waals surface area contributed by atoms with Crippen molar-refractivity contribution in [2.45, 2.75) is 32.8 Å². The molecule has 1 aromatic heterocycles. The molecule has 0 amide bonds. The van der Waals surface area contributed by atoms with Gasteiger partial charge in [-0.3, -0.25) is 0 Å². The average Bonchev–Trinajstić information content (AvgIpc) is 2.75. The van der Waals surface area contributed by atoms with Crippen molar-refractivity contribution < 1.29 is 5.11 Å². The van der Waals surface area contributed by atoms with Crippen LogP contribution in [0, 0.1) is 6.92 Å². The molecular formula is C14H17NOS. The zero-order valence-electron chi connectivity index (χ0n) is 10.3. The Hall–Kier alpha value is -1.19. The number of benzene rings is 1. The van der Waals surface area contributed by atoms with Crippen molar-refractivity contribution >= 4 is 11.5 Å². The second-order valence-electron chi connectivity index (χ2n) is 4.59. The van der Waals surface area contributed by atoms with Gasteiger partial charge in [-0.05, 0) is 41.6 Å². The summed E-state index contributed by atoms with van der Waals surface area (Å²) in [5.74, 6) is 0.520. The van der Waals surface area contributed by atoms with Crippen LogP contribution in [0.4, 0.5) is 0 Å². The Balaban J connectivity index is 2.22. The van der Waals surface area contributed by atoms with E-state index < -0.39 is 6.10 Å². The summed E-state index contributed by atoms with van der Waals surface area (Å²) in [7, 11) is 0. The molecule has 0 aliphatic carbocycles. The number of aliphatic hydroxyl groups excluding tert-OH is 1. The monoisotopic (exact) mass is 247 g/mol. The average molecular weight is 247 g/mol. The molecule has 0 aliphatic rings. The molecule has 0 bridgehead atoms. The van der Waals surface area contributed by atoms with Crippen LogP contribution in [-0.2, 0) is 0 Å². The predicted molar refractivity (Wildman–Crippen MR) is 71.4 cm³/mol. The van der Waals surface area contributed by atoms with E-state index in [0.29, 0.717) is 5.92 Å². The van der Waals surface area contributed by atoms with Crippen LogP contribution in [0.5, 0.6) is 0 Å². The van der Waals surface area contributed by atoms with Crippen molar-refractivity contribution in [3.63, 3.8) is 0 Å². The third-order valence-corrected chi connectivity index (χ3v) is 3.77. The summed E-state index contributed by atoms with van der Waals surface area (Å²) in [5, 5.41) is 10.2. The van der Waals surface area contributed by atoms with E-state index in [4.69, 9.17) is 0 Å². The van der Waals surface area contributed by atoms with Crippen LogP contribution < -0.4 is 0 Å². The number of rotatable bonds is 3. The van der Waals surface area contributed by atoms with E-state index in [1.807, 2.05) is 25.1 Å². The van der Waals surface area contributed by atoms with Gasteiger partial charge in [-0.2, -0.15) is 4.37 Å². The minimum atomic E-state index is -0.553. The molecule has 3 heteroatoms. The lowest BCUT2D eigenvalue weighted by atomic mass is 9.99. The van der Waals surface area contributed by atoms with Crippen molar-refractivity contribution in [3.05, 3.63) is 52.0 Å². The predicted octanol–water partition coefficient (Wildman–Crippen LogP) is 3.66. The van der Waals surface area contributed by atoms with Crippen molar-refractivity contribution in [3.8, 4) is 0 Å². The first-order valence-corrected chi connectivity index (χ1v) is 6.56. The van der Waals surface area contributed by atoms with Gasteiger partial charge in [0.15, 0.2) is 0 Å². The Kier molecular flexibility index (Phi) is 3.60. The Labute approximate surface area is 106 Å². The second-order valence-corrected chi connectivity index (χ2v) is 5.43. The molecule has 1 heterocycles. The van der Waals surface area contributed by atoms with E-state index in [1.54, 1.807) is 0 Å². The lowest BCUT2D eigenvalue weighted by Crippen LogP contribution is -1.97. The van der Waals surface area contributed by atoms with Crippen molar-refractivity contribution in [2.75, 3.05) is 0 Å². The third kappa shape index (κ3) is 2.73. The summed E-state index contributed by atoms with van der Waals surface area (Å²) in [6.45, 7) is 6.27. The SMILES string of the molecule is Cc1cc([C@H](O)c2ccc(C(C)C)cc2)sn1. The molecule has 0 saturated carbocycles. The summed E-state index contributed by atoms with van der Waals surface area (Å²) >= 11 is 1.36. The van der Waals surface area contributed by atoms with Crippen LogP contribution in [0.1, 0.15) is 47.6 Å². The highest BCUT2D eigenvalue weighted by Gasteiger charge is 2.13. The molecule has 0 radical (unpaired) electrons. The van der Waals surface area contributed by atoms with E-state index in [1.165, 1.54) is 17.1 Å². The van der Waals surface area contributed by atoms with Crippen LogP contribution in [0.2, 0.25) is 0 Å². The molecule has 0 fully saturated rings. The second kappa shape index (κ2) is 4.98. The molecule has 0 aliphatic heterocycles. The van der Waals surface area contributed by atoms with Gasteiger partial charge in [0.2, 0.25) is 0 Å². The van der Waals surface area contributed by atoms with Gasteiger partial charge in [0.05, 0.1) is 10.6 Å². The molecule has 90 valence electrons. The fourth-order valence-corrected chi connectivity index (χ4v) is 2.50. The van der Waals surface area contributed by atoms with Crippen LogP contribution in [-0.4, -0.2) is 9.48 Å². The van der Waals surface area contributed by atoms with Gasteiger partial charge in [0.1, 0.15) is 6.10 Å². The standard InChI is InChI=1S/C14H17NOS/c1-9(2)11-4-6-12(7-5-11)14(16)13-8-10(3)15-17-13/h4-9,14,16H,1-3H3/t14-/m1/s1. The first-order valence-electron chi connectivity index (χ1n) is 5.79. The summed E-state index contributed by atoms with van der Waals surface area (Å²) in [6.07, 6.45) is -0.553. The van der Waals surface area contributed by atoms with Crippen LogP contribution >= 0.6 is 11.5 Å². The molecule has 2 aromatic rings. The summed E-state index contributed by atoms with van der Waals surface area (Å²) in [4.78, 5) is 0.903. The first-order chi connectivity index (χ1) is 8.08. The maximum absolute atomic E-state index is 10.2. The third-order valence-electron chi connectivity index (χ3n) is 2.83. The van der Waals surface area contributed by atoms with Gasteiger partial charge >= 0.3 is 0 Å². The number of aromatic nitrogens is 1. The number of aliphatic hydroxyl groups is 1. The van der Waals surface area contributed by atoms with Crippen molar-refractivity contribution in [1.82, 2.24) is 4.37 Å². The minimum absolute atomic E-state index is 0.520. The van der Waals surface area contributed by atoms with E-state index in [-0.39, 0.29) is 0 Å². The number of nitrogens with zero attached hydrogens (tertiary/aromatic N) is 1. The van der Waals surface area contributed by atoms with Gasteiger partial charge in [0, 0.05) is 0 Å². The zero-order chi connectivity index (χ0) is 12.4. The molecular weight excluding hydrogens is 230 g/mol. The maximum Gasteiger partial charge on any atom is 0.115 e. The molecule has 0 saturated heterocycles. The highest BCUT2D eigenvalue weighted by atomic mass is 32.1. The molecule has 0 unspecified atom stereocenters. The lowest BCUT2D eigenvalue weighted by Gasteiger charge is -2.10. The summed E-state index contributed by atoms with van der Waals surface area (Å²) in [5.41, 5.74) is 3.18. The Morgan fingerprint density at radius 3 is 2.18 bits per heavy atom. The maximum atomic E-state index is 10.2. The van der Waals surface area contributed by atoms with Gasteiger partial charge in [-0.25, -0.2) is 0 Å². The van der Waals surface area contributed by atoms with Gasteiger partial charge < -0.3 is 5.11 Å².